The van der Waals surface area contributed by atoms with Gasteiger partial charge in [-0.05, 0) is 31.2 Å². The van der Waals surface area contributed by atoms with Gasteiger partial charge in [0, 0.05) is 11.3 Å². The SMILES string of the molecule is Cc1ccc(C(N)Cc2ccc(Cl)s2)o1. The molecule has 0 aliphatic carbocycles. The number of aryl methyl sites for hydroxylation is 1. The van der Waals surface area contributed by atoms with E-state index in [1.165, 1.54) is 4.88 Å². The Morgan fingerprint density at radius 3 is 2.73 bits per heavy atom. The molecule has 2 nitrogen and oxygen atoms in total. The van der Waals surface area contributed by atoms with E-state index >= 15 is 0 Å². The van der Waals surface area contributed by atoms with Crippen molar-refractivity contribution < 1.29 is 4.42 Å². The first-order valence-corrected chi connectivity index (χ1v) is 5.91. The molecular formula is C11H12ClNOS. The fraction of sp³-hybridized carbons (Fsp3) is 0.273. The lowest BCUT2D eigenvalue weighted by Crippen LogP contribution is -2.11. The van der Waals surface area contributed by atoms with E-state index in [-0.39, 0.29) is 6.04 Å². The quantitative estimate of drug-likeness (QED) is 0.893. The maximum absolute atomic E-state index is 6.02. The zero-order chi connectivity index (χ0) is 10.8. The minimum absolute atomic E-state index is 0.0894. The van der Waals surface area contributed by atoms with Crippen molar-refractivity contribution in [2.24, 2.45) is 5.73 Å². The van der Waals surface area contributed by atoms with Crippen LogP contribution in [0.2, 0.25) is 4.34 Å². The Labute approximate surface area is 97.7 Å². The molecule has 2 rings (SSSR count). The molecule has 0 amide bonds. The Balaban J connectivity index is 2.06. The molecule has 0 aliphatic heterocycles. The van der Waals surface area contributed by atoms with Crippen LogP contribution in [0.25, 0.3) is 0 Å². The molecule has 2 aromatic heterocycles. The summed E-state index contributed by atoms with van der Waals surface area (Å²) in [5.41, 5.74) is 6.02. The zero-order valence-corrected chi connectivity index (χ0v) is 9.94. The first kappa shape index (κ1) is 10.7. The van der Waals surface area contributed by atoms with Crippen molar-refractivity contribution in [2.45, 2.75) is 19.4 Å². The molecule has 1 atom stereocenters. The van der Waals surface area contributed by atoms with Crippen LogP contribution >= 0.6 is 22.9 Å². The summed E-state index contributed by atoms with van der Waals surface area (Å²) in [7, 11) is 0. The van der Waals surface area contributed by atoms with Crippen LogP contribution in [-0.2, 0) is 6.42 Å². The van der Waals surface area contributed by atoms with Crippen molar-refractivity contribution >= 4 is 22.9 Å². The predicted molar refractivity (Wildman–Crippen MR) is 63.4 cm³/mol. The Hall–Kier alpha value is -0.770. The van der Waals surface area contributed by atoms with Crippen molar-refractivity contribution in [1.29, 1.82) is 0 Å². The van der Waals surface area contributed by atoms with E-state index in [9.17, 15) is 0 Å². The molecule has 2 heterocycles. The van der Waals surface area contributed by atoms with Gasteiger partial charge < -0.3 is 10.2 Å². The highest BCUT2D eigenvalue weighted by Crippen LogP contribution is 2.26. The number of hydrogen-bond acceptors (Lipinski definition) is 3. The van der Waals surface area contributed by atoms with Gasteiger partial charge >= 0.3 is 0 Å². The number of nitrogens with two attached hydrogens (primary N) is 1. The highest BCUT2D eigenvalue weighted by molar-refractivity contribution is 7.16. The van der Waals surface area contributed by atoms with Gasteiger partial charge in [0.2, 0.25) is 0 Å². The molecule has 1 unspecified atom stereocenters. The van der Waals surface area contributed by atoms with Gasteiger partial charge in [0.15, 0.2) is 0 Å². The van der Waals surface area contributed by atoms with E-state index in [0.29, 0.717) is 0 Å². The van der Waals surface area contributed by atoms with E-state index in [2.05, 4.69) is 0 Å². The fourth-order valence-corrected chi connectivity index (χ4v) is 2.58. The lowest BCUT2D eigenvalue weighted by Gasteiger charge is -2.06. The minimum atomic E-state index is -0.0894. The number of thiophene rings is 1. The van der Waals surface area contributed by atoms with Crippen LogP contribution in [0.4, 0.5) is 0 Å². The summed E-state index contributed by atoms with van der Waals surface area (Å²) < 4.78 is 6.27. The average Bonchev–Trinajstić information content (AvgIpc) is 2.75. The van der Waals surface area contributed by atoms with Crippen molar-refractivity contribution in [3.63, 3.8) is 0 Å². The number of furan rings is 1. The van der Waals surface area contributed by atoms with Crippen LogP contribution in [0.3, 0.4) is 0 Å². The Morgan fingerprint density at radius 2 is 2.20 bits per heavy atom. The number of hydrogen-bond donors (Lipinski definition) is 1. The molecular weight excluding hydrogens is 230 g/mol. The van der Waals surface area contributed by atoms with E-state index in [1.807, 2.05) is 31.2 Å². The van der Waals surface area contributed by atoms with Crippen LogP contribution in [0.5, 0.6) is 0 Å². The molecule has 0 aromatic carbocycles. The van der Waals surface area contributed by atoms with E-state index in [0.717, 1.165) is 22.3 Å². The highest BCUT2D eigenvalue weighted by Gasteiger charge is 2.11. The third-order valence-electron chi connectivity index (χ3n) is 2.18. The molecule has 80 valence electrons. The third kappa shape index (κ3) is 2.62. The van der Waals surface area contributed by atoms with Gasteiger partial charge in [-0.25, -0.2) is 0 Å². The molecule has 0 spiro atoms. The standard InChI is InChI=1S/C11H12ClNOS/c1-7-2-4-10(14-7)9(13)6-8-3-5-11(12)15-8/h2-5,9H,6,13H2,1H3. The lowest BCUT2D eigenvalue weighted by molar-refractivity contribution is 0.446. The summed E-state index contributed by atoms with van der Waals surface area (Å²) in [5, 5.41) is 0. The smallest absolute Gasteiger partial charge is 0.121 e. The summed E-state index contributed by atoms with van der Waals surface area (Å²) in [6.45, 7) is 1.91. The van der Waals surface area contributed by atoms with Gasteiger partial charge in [0.25, 0.3) is 0 Å². The summed E-state index contributed by atoms with van der Waals surface area (Å²) in [5.74, 6) is 1.72. The Kier molecular flexibility index (Phi) is 3.14. The maximum atomic E-state index is 6.02. The van der Waals surface area contributed by atoms with Crippen LogP contribution in [0, 0.1) is 6.92 Å². The molecule has 2 N–H and O–H groups in total. The number of rotatable bonds is 3. The zero-order valence-electron chi connectivity index (χ0n) is 8.37. The Bertz CT molecular complexity index is 449. The summed E-state index contributed by atoms with van der Waals surface area (Å²) in [6.07, 6.45) is 0.768. The monoisotopic (exact) mass is 241 g/mol. The van der Waals surface area contributed by atoms with Gasteiger partial charge in [-0.3, -0.25) is 0 Å². The largest absolute Gasteiger partial charge is 0.465 e. The summed E-state index contributed by atoms with van der Waals surface area (Å²) in [6, 6.07) is 7.66. The molecule has 0 saturated carbocycles. The molecule has 2 aromatic rings. The third-order valence-corrected chi connectivity index (χ3v) is 3.43. The first-order chi connectivity index (χ1) is 7.15. The lowest BCUT2D eigenvalue weighted by atomic mass is 10.1. The second-order valence-corrected chi connectivity index (χ2v) is 5.26. The van der Waals surface area contributed by atoms with Crippen molar-refractivity contribution in [3.05, 3.63) is 45.0 Å². The minimum Gasteiger partial charge on any atom is -0.465 e. The van der Waals surface area contributed by atoms with Gasteiger partial charge in [0.05, 0.1) is 10.4 Å². The molecule has 15 heavy (non-hydrogen) atoms. The second-order valence-electron chi connectivity index (χ2n) is 3.46. The van der Waals surface area contributed by atoms with Crippen LogP contribution < -0.4 is 5.73 Å². The first-order valence-electron chi connectivity index (χ1n) is 4.71. The average molecular weight is 242 g/mol. The van der Waals surface area contributed by atoms with Gasteiger partial charge in [-0.15, -0.1) is 11.3 Å². The molecule has 0 aliphatic rings. The Morgan fingerprint density at radius 1 is 1.40 bits per heavy atom. The number of halogens is 1. The van der Waals surface area contributed by atoms with Crippen LogP contribution in [-0.4, -0.2) is 0 Å². The topological polar surface area (TPSA) is 39.2 Å². The van der Waals surface area contributed by atoms with Crippen LogP contribution in [0.15, 0.2) is 28.7 Å². The van der Waals surface area contributed by atoms with Crippen molar-refractivity contribution in [3.8, 4) is 0 Å². The predicted octanol–water partition coefficient (Wildman–Crippen LogP) is 3.55. The van der Waals surface area contributed by atoms with Gasteiger partial charge in [0.1, 0.15) is 11.5 Å². The van der Waals surface area contributed by atoms with Crippen molar-refractivity contribution in [1.82, 2.24) is 0 Å². The molecule has 0 saturated heterocycles. The van der Waals surface area contributed by atoms with E-state index in [1.54, 1.807) is 11.3 Å². The summed E-state index contributed by atoms with van der Waals surface area (Å²) >= 11 is 7.41. The maximum Gasteiger partial charge on any atom is 0.121 e. The molecule has 0 fully saturated rings. The normalized spacial score (nSPS) is 13.0. The van der Waals surface area contributed by atoms with Gasteiger partial charge in [-0.1, -0.05) is 11.6 Å². The fourth-order valence-electron chi connectivity index (χ4n) is 1.43. The summed E-state index contributed by atoms with van der Waals surface area (Å²) in [4.78, 5) is 1.18. The molecule has 4 heteroatoms. The van der Waals surface area contributed by atoms with Gasteiger partial charge in [-0.2, -0.15) is 0 Å². The van der Waals surface area contributed by atoms with E-state index < -0.39 is 0 Å². The van der Waals surface area contributed by atoms with Crippen LogP contribution in [0.1, 0.15) is 22.4 Å². The molecule has 0 bridgehead atoms. The highest BCUT2D eigenvalue weighted by atomic mass is 35.5. The molecule has 0 radical (unpaired) electrons. The second kappa shape index (κ2) is 4.39. The van der Waals surface area contributed by atoms with Crippen molar-refractivity contribution in [2.75, 3.05) is 0 Å². The van der Waals surface area contributed by atoms with E-state index in [4.69, 9.17) is 21.8 Å².